The first-order valence-corrected chi connectivity index (χ1v) is 12.5. The average Bonchev–Trinajstić information content (AvgIpc) is 3.13. The molecule has 0 N–H and O–H groups in total. The molecule has 0 saturated heterocycles. The molecule has 1 aliphatic rings. The number of carbonyl (C=O) groups excluding carboxylic acids is 1. The molecule has 1 atom stereocenters. The van der Waals surface area contributed by atoms with Crippen molar-refractivity contribution in [1.82, 2.24) is 4.57 Å². The van der Waals surface area contributed by atoms with Crippen LogP contribution >= 0.6 is 23.1 Å². The average molecular weight is 481 g/mol. The van der Waals surface area contributed by atoms with Gasteiger partial charge in [-0.15, -0.1) is 11.8 Å². The van der Waals surface area contributed by atoms with Gasteiger partial charge in [0, 0.05) is 4.90 Å². The number of hydrogen-bond donors (Lipinski definition) is 0. The van der Waals surface area contributed by atoms with Gasteiger partial charge in [-0.3, -0.25) is 9.36 Å². The van der Waals surface area contributed by atoms with E-state index in [2.05, 4.69) is 4.99 Å². The first-order chi connectivity index (χ1) is 16.0. The van der Waals surface area contributed by atoms with Crippen LogP contribution in [0.2, 0.25) is 0 Å². The van der Waals surface area contributed by atoms with Gasteiger partial charge < -0.3 is 9.47 Å². The fourth-order valence-corrected chi connectivity index (χ4v) is 5.20. The van der Waals surface area contributed by atoms with Crippen molar-refractivity contribution in [2.45, 2.75) is 24.8 Å². The van der Waals surface area contributed by atoms with Gasteiger partial charge in [-0.2, -0.15) is 0 Å². The lowest BCUT2D eigenvalue weighted by Gasteiger charge is -2.24. The van der Waals surface area contributed by atoms with Crippen LogP contribution in [0.1, 0.15) is 31.0 Å². The highest BCUT2D eigenvalue weighted by Gasteiger charge is 2.33. The number of carbonyl (C=O) groups is 1. The fourth-order valence-electron chi connectivity index (χ4n) is 3.74. The first kappa shape index (κ1) is 23.1. The van der Waals surface area contributed by atoms with Crippen LogP contribution in [0, 0.1) is 0 Å². The first-order valence-electron chi connectivity index (χ1n) is 10.4. The standard InChI is InChI=1S/C25H24N2O4S2/c1-5-31-24(29)21-15(2)26-25-27(22(21)17-8-12-19(32-4)13-9-17)23(28)20(33-25)14-16-6-10-18(30-3)11-7-16/h6-14,22H,5H2,1-4H3/b20-14-. The van der Waals surface area contributed by atoms with Gasteiger partial charge in [0.15, 0.2) is 4.80 Å². The monoisotopic (exact) mass is 480 g/mol. The van der Waals surface area contributed by atoms with Crippen molar-refractivity contribution in [3.05, 3.63) is 90.6 Å². The summed E-state index contributed by atoms with van der Waals surface area (Å²) in [6.45, 7) is 3.80. The third kappa shape index (κ3) is 4.54. The molecule has 8 heteroatoms. The molecule has 1 aliphatic heterocycles. The van der Waals surface area contributed by atoms with Crippen LogP contribution in [-0.2, 0) is 9.53 Å². The smallest absolute Gasteiger partial charge is 0.338 e. The zero-order chi connectivity index (χ0) is 23.5. The van der Waals surface area contributed by atoms with Crippen molar-refractivity contribution in [2.75, 3.05) is 20.0 Å². The molecule has 0 aliphatic carbocycles. The zero-order valence-corrected chi connectivity index (χ0v) is 20.5. The largest absolute Gasteiger partial charge is 0.497 e. The normalized spacial score (nSPS) is 15.8. The van der Waals surface area contributed by atoms with Crippen molar-refractivity contribution in [3.8, 4) is 5.75 Å². The number of benzene rings is 2. The van der Waals surface area contributed by atoms with Gasteiger partial charge in [-0.05, 0) is 61.6 Å². The lowest BCUT2D eigenvalue weighted by atomic mass is 9.96. The summed E-state index contributed by atoms with van der Waals surface area (Å²) < 4.78 is 12.7. The molecular formula is C25H24N2O4S2. The lowest BCUT2D eigenvalue weighted by molar-refractivity contribution is -0.139. The van der Waals surface area contributed by atoms with Crippen molar-refractivity contribution in [2.24, 2.45) is 4.99 Å². The Balaban J connectivity index is 1.90. The lowest BCUT2D eigenvalue weighted by Crippen LogP contribution is -2.39. The molecule has 0 spiro atoms. The maximum absolute atomic E-state index is 13.6. The van der Waals surface area contributed by atoms with Gasteiger partial charge in [0.1, 0.15) is 5.75 Å². The number of methoxy groups -OCH3 is 1. The van der Waals surface area contributed by atoms with Crippen LogP contribution in [0.15, 0.2) is 74.5 Å². The maximum atomic E-state index is 13.6. The molecule has 2 heterocycles. The molecule has 0 bridgehead atoms. The maximum Gasteiger partial charge on any atom is 0.338 e. The minimum Gasteiger partial charge on any atom is -0.497 e. The summed E-state index contributed by atoms with van der Waals surface area (Å²) >= 11 is 2.94. The van der Waals surface area contributed by atoms with Gasteiger partial charge in [0.2, 0.25) is 0 Å². The van der Waals surface area contributed by atoms with Crippen LogP contribution in [0.5, 0.6) is 5.75 Å². The van der Waals surface area contributed by atoms with Crippen molar-refractivity contribution < 1.29 is 14.3 Å². The summed E-state index contributed by atoms with van der Waals surface area (Å²) in [6, 6.07) is 14.8. The van der Waals surface area contributed by atoms with E-state index in [1.54, 1.807) is 37.3 Å². The van der Waals surface area contributed by atoms with Crippen molar-refractivity contribution in [3.63, 3.8) is 0 Å². The van der Waals surface area contributed by atoms with E-state index in [1.165, 1.54) is 11.3 Å². The van der Waals surface area contributed by atoms with E-state index < -0.39 is 12.0 Å². The summed E-state index contributed by atoms with van der Waals surface area (Å²) in [6.07, 6.45) is 3.84. The van der Waals surface area contributed by atoms with Crippen molar-refractivity contribution in [1.29, 1.82) is 0 Å². The number of esters is 1. The molecule has 0 fully saturated rings. The van der Waals surface area contributed by atoms with E-state index in [9.17, 15) is 9.59 Å². The van der Waals surface area contributed by atoms with E-state index >= 15 is 0 Å². The number of rotatable bonds is 6. The molecule has 4 rings (SSSR count). The zero-order valence-electron chi connectivity index (χ0n) is 18.8. The molecule has 2 aromatic carbocycles. The van der Waals surface area contributed by atoms with Crippen LogP contribution in [-0.4, -0.2) is 30.5 Å². The minimum atomic E-state index is -0.603. The van der Waals surface area contributed by atoms with E-state index in [0.717, 1.165) is 21.8 Å². The summed E-state index contributed by atoms with van der Waals surface area (Å²) in [4.78, 5) is 32.7. The number of fused-ring (bicyclic) bond motifs is 1. The van der Waals surface area contributed by atoms with Crippen LogP contribution in [0.25, 0.3) is 6.08 Å². The van der Waals surface area contributed by atoms with E-state index in [4.69, 9.17) is 9.47 Å². The third-order valence-electron chi connectivity index (χ3n) is 5.36. The highest BCUT2D eigenvalue weighted by molar-refractivity contribution is 7.98. The highest BCUT2D eigenvalue weighted by Crippen LogP contribution is 2.31. The van der Waals surface area contributed by atoms with E-state index in [0.29, 0.717) is 20.6 Å². The molecule has 33 heavy (non-hydrogen) atoms. The Morgan fingerprint density at radius 1 is 1.18 bits per heavy atom. The molecule has 0 radical (unpaired) electrons. The second kappa shape index (κ2) is 9.80. The number of ether oxygens (including phenoxy) is 2. The molecule has 170 valence electrons. The second-order valence-electron chi connectivity index (χ2n) is 7.35. The Labute approximate surface area is 199 Å². The predicted molar refractivity (Wildman–Crippen MR) is 132 cm³/mol. The quantitative estimate of drug-likeness (QED) is 0.399. The molecular weight excluding hydrogens is 456 g/mol. The Bertz CT molecular complexity index is 1380. The van der Waals surface area contributed by atoms with Crippen molar-refractivity contribution >= 4 is 35.1 Å². The number of allylic oxidation sites excluding steroid dienone is 1. The minimum absolute atomic E-state index is 0.192. The third-order valence-corrected chi connectivity index (χ3v) is 7.09. The Morgan fingerprint density at radius 2 is 1.88 bits per heavy atom. The second-order valence-corrected chi connectivity index (χ2v) is 9.24. The van der Waals surface area contributed by atoms with Crippen LogP contribution in [0.4, 0.5) is 0 Å². The predicted octanol–water partition coefficient (Wildman–Crippen LogP) is 3.53. The number of nitrogens with zero attached hydrogens (tertiary/aromatic N) is 2. The summed E-state index contributed by atoms with van der Waals surface area (Å²) in [5, 5.41) is 0. The SMILES string of the molecule is CCOC(=O)C1=C(C)N=c2s/c(=C\c3ccc(OC)cc3)c(=O)n2C1c1ccc(SC)cc1. The highest BCUT2D eigenvalue weighted by atomic mass is 32.2. The summed E-state index contributed by atoms with van der Waals surface area (Å²) in [5.74, 6) is 0.291. The summed E-state index contributed by atoms with van der Waals surface area (Å²) in [5.41, 5.74) is 2.47. The topological polar surface area (TPSA) is 69.9 Å². The number of thioether (sulfide) groups is 1. The Kier molecular flexibility index (Phi) is 6.85. The molecule has 1 aromatic heterocycles. The van der Waals surface area contributed by atoms with Gasteiger partial charge in [-0.1, -0.05) is 35.6 Å². The fraction of sp³-hybridized carbons (Fsp3) is 0.240. The number of aromatic nitrogens is 1. The molecule has 1 unspecified atom stereocenters. The number of thiazole rings is 1. The Morgan fingerprint density at radius 3 is 2.48 bits per heavy atom. The summed E-state index contributed by atoms with van der Waals surface area (Å²) in [7, 11) is 1.61. The molecule has 3 aromatic rings. The van der Waals surface area contributed by atoms with Gasteiger partial charge in [0.05, 0.1) is 35.6 Å². The Hall–Kier alpha value is -3.10. The van der Waals surface area contributed by atoms with Crippen LogP contribution < -0.4 is 19.6 Å². The van der Waals surface area contributed by atoms with Gasteiger partial charge in [0.25, 0.3) is 5.56 Å². The number of hydrogen-bond acceptors (Lipinski definition) is 7. The molecule has 0 amide bonds. The van der Waals surface area contributed by atoms with Gasteiger partial charge in [-0.25, -0.2) is 9.79 Å². The van der Waals surface area contributed by atoms with E-state index in [1.807, 2.05) is 60.9 Å². The molecule has 6 nitrogen and oxygen atoms in total. The molecule has 0 saturated carbocycles. The van der Waals surface area contributed by atoms with Gasteiger partial charge >= 0.3 is 5.97 Å². The van der Waals surface area contributed by atoms with E-state index in [-0.39, 0.29) is 12.2 Å². The van der Waals surface area contributed by atoms with Crippen LogP contribution in [0.3, 0.4) is 0 Å².